The van der Waals surface area contributed by atoms with Crippen molar-refractivity contribution < 1.29 is 4.74 Å². The van der Waals surface area contributed by atoms with Crippen LogP contribution in [0.1, 0.15) is 11.1 Å². The molecule has 2 aromatic heterocycles. The first-order chi connectivity index (χ1) is 14.1. The van der Waals surface area contributed by atoms with Gasteiger partial charge in [-0.2, -0.15) is 0 Å². The second-order valence-electron chi connectivity index (χ2n) is 6.38. The number of pyridine rings is 1. The lowest BCUT2D eigenvalue weighted by Crippen LogP contribution is -2.01. The van der Waals surface area contributed by atoms with Gasteiger partial charge in [0.05, 0.1) is 22.8 Å². The number of nitrogens with two attached hydrogens (primary N) is 1. The van der Waals surface area contributed by atoms with Crippen molar-refractivity contribution in [3.05, 3.63) is 88.2 Å². The molecule has 0 spiro atoms. The van der Waals surface area contributed by atoms with E-state index in [9.17, 15) is 0 Å². The predicted molar refractivity (Wildman–Crippen MR) is 114 cm³/mol. The Morgan fingerprint density at radius 2 is 1.83 bits per heavy atom. The molecule has 2 N–H and O–H groups in total. The molecule has 0 unspecified atom stereocenters. The fourth-order valence-corrected chi connectivity index (χ4v) is 3.21. The van der Waals surface area contributed by atoms with Crippen LogP contribution >= 0.6 is 23.2 Å². The minimum absolute atomic E-state index is 0.345. The summed E-state index contributed by atoms with van der Waals surface area (Å²) in [6.45, 7) is 0.922. The van der Waals surface area contributed by atoms with E-state index in [0.717, 1.165) is 22.4 Å². The van der Waals surface area contributed by atoms with Gasteiger partial charge in [-0.05, 0) is 35.9 Å². The monoisotopic (exact) mass is 425 g/mol. The van der Waals surface area contributed by atoms with Crippen LogP contribution in [0.4, 0.5) is 5.82 Å². The van der Waals surface area contributed by atoms with Crippen molar-refractivity contribution in [3.63, 3.8) is 0 Å². The molecule has 4 aromatic rings. The van der Waals surface area contributed by atoms with Crippen LogP contribution in [0.25, 0.3) is 11.3 Å². The van der Waals surface area contributed by atoms with Gasteiger partial charge in [0.25, 0.3) is 0 Å². The SMILES string of the molecule is Nc1ncccc1-c1cn(Cc2ccc(OCc3cccc(Cl)c3Cl)cc2)nn1. The summed E-state index contributed by atoms with van der Waals surface area (Å²) >= 11 is 12.2. The van der Waals surface area contributed by atoms with E-state index in [0.29, 0.717) is 34.7 Å². The van der Waals surface area contributed by atoms with Gasteiger partial charge in [0.15, 0.2) is 0 Å². The van der Waals surface area contributed by atoms with Crippen LogP contribution < -0.4 is 10.5 Å². The molecule has 0 saturated carbocycles. The molecule has 2 aromatic carbocycles. The van der Waals surface area contributed by atoms with Crippen molar-refractivity contribution in [3.8, 4) is 17.0 Å². The first kappa shape index (κ1) is 19.2. The summed E-state index contributed by atoms with van der Waals surface area (Å²) < 4.78 is 7.56. The summed E-state index contributed by atoms with van der Waals surface area (Å²) in [6.07, 6.45) is 3.49. The van der Waals surface area contributed by atoms with E-state index < -0.39 is 0 Å². The Labute approximate surface area is 177 Å². The fraction of sp³-hybridized carbons (Fsp3) is 0.0952. The average Bonchev–Trinajstić information content (AvgIpc) is 3.19. The van der Waals surface area contributed by atoms with Gasteiger partial charge in [-0.15, -0.1) is 5.10 Å². The number of nitrogen functional groups attached to an aromatic ring is 1. The van der Waals surface area contributed by atoms with Gasteiger partial charge < -0.3 is 10.5 Å². The van der Waals surface area contributed by atoms with Gasteiger partial charge in [0.2, 0.25) is 0 Å². The maximum Gasteiger partial charge on any atom is 0.132 e. The van der Waals surface area contributed by atoms with E-state index in [1.54, 1.807) is 16.9 Å². The summed E-state index contributed by atoms with van der Waals surface area (Å²) in [7, 11) is 0. The van der Waals surface area contributed by atoms with Crippen molar-refractivity contribution in [1.82, 2.24) is 20.0 Å². The number of hydrogen-bond donors (Lipinski definition) is 1. The molecule has 6 nitrogen and oxygen atoms in total. The molecule has 8 heteroatoms. The third-order valence-corrected chi connectivity index (χ3v) is 5.21. The lowest BCUT2D eigenvalue weighted by molar-refractivity contribution is 0.306. The Balaban J connectivity index is 1.40. The quantitative estimate of drug-likeness (QED) is 0.477. The highest BCUT2D eigenvalue weighted by Gasteiger charge is 2.09. The number of nitrogens with zero attached hydrogens (tertiary/aromatic N) is 4. The average molecular weight is 426 g/mol. The van der Waals surface area contributed by atoms with E-state index in [1.807, 2.05) is 54.7 Å². The molecular formula is C21H17Cl2N5O. The topological polar surface area (TPSA) is 78.8 Å². The van der Waals surface area contributed by atoms with Crippen LogP contribution in [-0.2, 0) is 13.2 Å². The zero-order chi connectivity index (χ0) is 20.2. The van der Waals surface area contributed by atoms with Crippen LogP contribution in [0.5, 0.6) is 5.75 Å². The maximum absolute atomic E-state index is 6.19. The Morgan fingerprint density at radius 1 is 1.00 bits per heavy atom. The Hall–Kier alpha value is -3.09. The summed E-state index contributed by atoms with van der Waals surface area (Å²) in [5, 5.41) is 9.39. The minimum Gasteiger partial charge on any atom is -0.489 e. The second-order valence-corrected chi connectivity index (χ2v) is 7.17. The number of benzene rings is 2. The van der Waals surface area contributed by atoms with E-state index >= 15 is 0 Å². The lowest BCUT2D eigenvalue weighted by atomic mass is 10.2. The fourth-order valence-electron chi connectivity index (χ4n) is 2.83. The number of ether oxygens (including phenoxy) is 1. The molecule has 0 fully saturated rings. The van der Waals surface area contributed by atoms with Crippen molar-refractivity contribution in [1.29, 1.82) is 0 Å². The van der Waals surface area contributed by atoms with Crippen LogP contribution in [0, 0.1) is 0 Å². The maximum atomic E-state index is 6.19. The molecule has 0 amide bonds. The van der Waals surface area contributed by atoms with E-state index in [4.69, 9.17) is 33.7 Å². The normalized spacial score (nSPS) is 10.8. The smallest absolute Gasteiger partial charge is 0.132 e. The van der Waals surface area contributed by atoms with Crippen molar-refractivity contribution in [2.75, 3.05) is 5.73 Å². The number of hydrogen-bond acceptors (Lipinski definition) is 5. The molecule has 0 bridgehead atoms. The highest BCUT2D eigenvalue weighted by molar-refractivity contribution is 6.42. The van der Waals surface area contributed by atoms with Crippen molar-refractivity contribution >= 4 is 29.0 Å². The predicted octanol–water partition coefficient (Wildman–Crippen LogP) is 4.86. The van der Waals surface area contributed by atoms with Crippen LogP contribution in [0.2, 0.25) is 10.0 Å². The van der Waals surface area contributed by atoms with Crippen LogP contribution in [0.15, 0.2) is 67.0 Å². The largest absolute Gasteiger partial charge is 0.489 e. The van der Waals surface area contributed by atoms with Crippen molar-refractivity contribution in [2.24, 2.45) is 0 Å². The Kier molecular flexibility index (Phi) is 5.64. The van der Waals surface area contributed by atoms with Gasteiger partial charge in [0, 0.05) is 17.3 Å². The first-order valence-corrected chi connectivity index (χ1v) is 9.61. The highest BCUT2D eigenvalue weighted by atomic mass is 35.5. The van der Waals surface area contributed by atoms with Crippen LogP contribution in [0.3, 0.4) is 0 Å². The number of rotatable bonds is 6. The zero-order valence-electron chi connectivity index (χ0n) is 15.3. The first-order valence-electron chi connectivity index (χ1n) is 8.86. The number of aromatic nitrogens is 4. The lowest BCUT2D eigenvalue weighted by Gasteiger charge is -2.09. The molecule has 0 aliphatic heterocycles. The summed E-state index contributed by atoms with van der Waals surface area (Å²) in [4.78, 5) is 4.08. The third kappa shape index (κ3) is 4.50. The van der Waals surface area contributed by atoms with Gasteiger partial charge in [-0.1, -0.05) is 52.7 Å². The number of anilines is 1. The molecule has 0 aliphatic carbocycles. The zero-order valence-corrected chi connectivity index (χ0v) is 16.8. The molecule has 0 radical (unpaired) electrons. The summed E-state index contributed by atoms with van der Waals surface area (Å²) in [5.41, 5.74) is 9.26. The second kappa shape index (κ2) is 8.51. The molecule has 4 rings (SSSR count). The van der Waals surface area contributed by atoms with Gasteiger partial charge >= 0.3 is 0 Å². The minimum atomic E-state index is 0.345. The summed E-state index contributed by atoms with van der Waals surface area (Å²) in [5.74, 6) is 1.17. The van der Waals surface area contributed by atoms with Gasteiger partial charge in [0.1, 0.15) is 23.9 Å². The van der Waals surface area contributed by atoms with E-state index in [1.165, 1.54) is 0 Å². The molecule has 0 saturated heterocycles. The molecule has 2 heterocycles. The standard InChI is InChI=1S/C21H17Cl2N5O/c22-18-5-1-3-15(20(18)23)13-29-16-8-6-14(7-9-16)11-28-12-19(26-27-28)17-4-2-10-25-21(17)24/h1-10,12H,11,13H2,(H2,24,25). The van der Waals surface area contributed by atoms with Crippen molar-refractivity contribution in [2.45, 2.75) is 13.2 Å². The van der Waals surface area contributed by atoms with E-state index in [2.05, 4.69) is 15.3 Å². The van der Waals surface area contributed by atoms with E-state index in [-0.39, 0.29) is 0 Å². The Morgan fingerprint density at radius 3 is 2.62 bits per heavy atom. The summed E-state index contributed by atoms with van der Waals surface area (Å²) in [6, 6.07) is 17.0. The van der Waals surface area contributed by atoms with Crippen LogP contribution in [-0.4, -0.2) is 20.0 Å². The third-order valence-electron chi connectivity index (χ3n) is 4.35. The highest BCUT2D eigenvalue weighted by Crippen LogP contribution is 2.27. The molecule has 0 atom stereocenters. The number of halogens is 2. The van der Waals surface area contributed by atoms with Gasteiger partial charge in [-0.25, -0.2) is 9.67 Å². The molecule has 29 heavy (non-hydrogen) atoms. The Bertz CT molecular complexity index is 1130. The molecule has 146 valence electrons. The molecular weight excluding hydrogens is 409 g/mol. The van der Waals surface area contributed by atoms with Gasteiger partial charge in [-0.3, -0.25) is 0 Å². The molecule has 0 aliphatic rings.